The molecule has 0 N–H and O–H groups in total. The lowest BCUT2D eigenvalue weighted by molar-refractivity contribution is -0.140. The number of hydrogen-bond acceptors (Lipinski definition) is 8. The Kier molecular flexibility index (Phi) is 5.55. The monoisotopic (exact) mass is 475 g/mol. The van der Waals surface area contributed by atoms with Crippen LogP contribution in [0.4, 0.5) is 5.69 Å². The number of nitrogens with zero attached hydrogens (tertiary/aromatic N) is 3. The van der Waals surface area contributed by atoms with Crippen LogP contribution in [0.2, 0.25) is 0 Å². The zero-order valence-corrected chi connectivity index (χ0v) is 19.5. The van der Waals surface area contributed by atoms with Gasteiger partial charge in [-0.05, 0) is 30.2 Å². The number of anilines is 1. The minimum Gasteiger partial charge on any atom is -0.467 e. The number of rotatable bonds is 6. The van der Waals surface area contributed by atoms with Gasteiger partial charge in [-0.2, -0.15) is 0 Å². The van der Waals surface area contributed by atoms with Crippen LogP contribution < -0.4 is 4.90 Å². The standard InChI is InChI=1S/C26H25N3O6/c1-4-13-28-18-10-6-5-9-17(18)26-12-11-19(30)29(15-16-8-7-14-35-16)25(26)27-21(24(32)34-3)20(22(26)28)23(31)33-2/h4-10,14,22H,1,11-13,15H2,2-3H3. The molecule has 2 unspecified atom stereocenters. The largest absolute Gasteiger partial charge is 0.467 e. The number of esters is 2. The van der Waals surface area contributed by atoms with E-state index in [1.165, 1.54) is 20.5 Å². The number of carbonyl (C=O) groups is 3. The highest BCUT2D eigenvalue weighted by atomic mass is 16.5. The van der Waals surface area contributed by atoms with Crippen LogP contribution >= 0.6 is 0 Å². The van der Waals surface area contributed by atoms with Gasteiger partial charge in [0.05, 0.1) is 44.1 Å². The molecule has 0 bridgehead atoms. The van der Waals surface area contributed by atoms with E-state index in [0.717, 1.165) is 11.3 Å². The van der Waals surface area contributed by atoms with Gasteiger partial charge in [-0.25, -0.2) is 14.6 Å². The maximum atomic E-state index is 13.2. The first-order valence-electron chi connectivity index (χ1n) is 11.3. The molecule has 1 saturated heterocycles. The molecule has 1 spiro atoms. The molecule has 1 fully saturated rings. The van der Waals surface area contributed by atoms with Crippen LogP contribution in [0.15, 0.2) is 76.0 Å². The fourth-order valence-electron chi connectivity index (χ4n) is 5.57. The van der Waals surface area contributed by atoms with Crippen LogP contribution in [0.25, 0.3) is 0 Å². The average molecular weight is 476 g/mol. The van der Waals surface area contributed by atoms with Crippen LogP contribution in [0, 0.1) is 0 Å². The summed E-state index contributed by atoms with van der Waals surface area (Å²) >= 11 is 0. The van der Waals surface area contributed by atoms with Crippen molar-refractivity contribution in [2.24, 2.45) is 4.99 Å². The Morgan fingerprint density at radius 2 is 1.97 bits per heavy atom. The van der Waals surface area contributed by atoms with Crippen LogP contribution in [0.3, 0.4) is 0 Å². The molecule has 0 saturated carbocycles. The molecule has 5 rings (SSSR count). The van der Waals surface area contributed by atoms with Crippen LogP contribution in [-0.2, 0) is 35.8 Å². The van der Waals surface area contributed by atoms with Gasteiger partial charge in [0, 0.05) is 18.7 Å². The number of furan rings is 1. The van der Waals surface area contributed by atoms with Gasteiger partial charge in [-0.3, -0.25) is 9.69 Å². The number of piperidine rings is 1. The molecule has 0 aliphatic carbocycles. The summed E-state index contributed by atoms with van der Waals surface area (Å²) < 4.78 is 15.7. The van der Waals surface area contributed by atoms with E-state index in [1.54, 1.807) is 23.1 Å². The second-order valence-electron chi connectivity index (χ2n) is 8.57. The van der Waals surface area contributed by atoms with Gasteiger partial charge < -0.3 is 18.8 Å². The van der Waals surface area contributed by atoms with E-state index < -0.39 is 23.4 Å². The molecular formula is C26H25N3O6. The molecule has 3 aliphatic heterocycles. The number of ether oxygens (including phenoxy) is 2. The Bertz CT molecular complexity index is 1280. The molecule has 4 heterocycles. The molecule has 9 nitrogen and oxygen atoms in total. The van der Waals surface area contributed by atoms with Crippen molar-refractivity contribution >= 4 is 29.4 Å². The first kappa shape index (κ1) is 22.6. The van der Waals surface area contributed by atoms with Gasteiger partial charge in [-0.15, -0.1) is 6.58 Å². The summed E-state index contributed by atoms with van der Waals surface area (Å²) in [6.45, 7) is 4.45. The summed E-state index contributed by atoms with van der Waals surface area (Å²) in [6, 6.07) is 10.7. The molecule has 9 heteroatoms. The molecule has 2 aromatic rings. The summed E-state index contributed by atoms with van der Waals surface area (Å²) in [7, 11) is 2.49. The Hall–Kier alpha value is -4.14. The number of carbonyl (C=O) groups excluding carboxylic acids is 3. The number of fused-ring (bicyclic) bond motifs is 1. The number of para-hydroxylation sites is 1. The number of hydrogen-bond donors (Lipinski definition) is 0. The average Bonchev–Trinajstić information content (AvgIpc) is 3.49. The molecule has 2 atom stereocenters. The Morgan fingerprint density at radius 3 is 2.66 bits per heavy atom. The minimum atomic E-state index is -0.874. The van der Waals surface area contributed by atoms with Crippen molar-refractivity contribution in [2.75, 3.05) is 25.7 Å². The van der Waals surface area contributed by atoms with Crippen molar-refractivity contribution in [2.45, 2.75) is 30.8 Å². The van der Waals surface area contributed by atoms with Crippen molar-refractivity contribution < 1.29 is 28.3 Å². The number of benzene rings is 1. The molecular weight excluding hydrogens is 450 g/mol. The zero-order chi connectivity index (χ0) is 24.7. The van der Waals surface area contributed by atoms with E-state index in [2.05, 4.69) is 6.58 Å². The number of amidine groups is 1. The SMILES string of the molecule is C=CCN1c2ccccc2C23CCC(=O)N(Cc4ccco4)C2=NC(C(=O)OC)=C(C(=O)OC)C13. The van der Waals surface area contributed by atoms with Crippen LogP contribution in [0.1, 0.15) is 24.2 Å². The fraction of sp³-hybridized carbons (Fsp3) is 0.308. The van der Waals surface area contributed by atoms with Crippen molar-refractivity contribution in [3.05, 3.63) is 77.9 Å². The maximum absolute atomic E-state index is 13.2. The lowest BCUT2D eigenvalue weighted by atomic mass is 9.65. The smallest absolute Gasteiger partial charge is 0.357 e. The van der Waals surface area contributed by atoms with Gasteiger partial charge in [0.15, 0.2) is 5.70 Å². The number of likely N-dealkylation sites (tertiary alicyclic amines) is 1. The molecule has 35 heavy (non-hydrogen) atoms. The fourth-order valence-corrected chi connectivity index (χ4v) is 5.57. The van der Waals surface area contributed by atoms with Gasteiger partial charge in [0.25, 0.3) is 0 Å². The van der Waals surface area contributed by atoms with E-state index in [0.29, 0.717) is 24.6 Å². The van der Waals surface area contributed by atoms with E-state index in [4.69, 9.17) is 18.9 Å². The van der Waals surface area contributed by atoms with Crippen molar-refractivity contribution in [3.63, 3.8) is 0 Å². The first-order valence-corrected chi connectivity index (χ1v) is 11.3. The molecule has 1 amide bonds. The summed E-state index contributed by atoms with van der Waals surface area (Å²) in [5.41, 5.74) is 0.864. The second-order valence-corrected chi connectivity index (χ2v) is 8.57. The highest BCUT2D eigenvalue weighted by molar-refractivity contribution is 6.15. The van der Waals surface area contributed by atoms with Crippen LogP contribution in [0.5, 0.6) is 0 Å². The summed E-state index contributed by atoms with van der Waals surface area (Å²) in [5.74, 6) is -0.630. The lowest BCUT2D eigenvalue weighted by Crippen LogP contribution is -2.62. The van der Waals surface area contributed by atoms with Gasteiger partial charge in [0.1, 0.15) is 11.6 Å². The number of methoxy groups -OCH3 is 2. The van der Waals surface area contributed by atoms with E-state index >= 15 is 0 Å². The normalized spacial score (nSPS) is 22.7. The summed E-state index contributed by atoms with van der Waals surface area (Å²) in [4.78, 5) is 47.7. The van der Waals surface area contributed by atoms with Gasteiger partial charge in [0.2, 0.25) is 5.91 Å². The highest BCUT2D eigenvalue weighted by Crippen LogP contribution is 2.56. The van der Waals surface area contributed by atoms with Crippen molar-refractivity contribution in [1.29, 1.82) is 0 Å². The van der Waals surface area contributed by atoms with Crippen LogP contribution in [-0.4, -0.2) is 55.4 Å². The maximum Gasteiger partial charge on any atom is 0.357 e. The number of aliphatic imine (C=N–C) groups is 1. The molecule has 1 aromatic carbocycles. The molecule has 0 radical (unpaired) electrons. The Morgan fingerprint density at radius 1 is 1.20 bits per heavy atom. The van der Waals surface area contributed by atoms with E-state index in [1.807, 2.05) is 29.2 Å². The quantitative estimate of drug-likeness (QED) is 0.468. The Balaban J connectivity index is 1.83. The minimum absolute atomic E-state index is 0.105. The number of amides is 1. The zero-order valence-electron chi connectivity index (χ0n) is 19.5. The second kappa shape index (κ2) is 8.57. The highest BCUT2D eigenvalue weighted by Gasteiger charge is 2.63. The van der Waals surface area contributed by atoms with E-state index in [-0.39, 0.29) is 30.1 Å². The molecule has 180 valence electrons. The predicted molar refractivity (Wildman–Crippen MR) is 126 cm³/mol. The van der Waals surface area contributed by atoms with Crippen molar-refractivity contribution in [1.82, 2.24) is 4.90 Å². The third-order valence-corrected chi connectivity index (χ3v) is 6.91. The first-order chi connectivity index (χ1) is 17.0. The molecule has 1 aromatic heterocycles. The van der Waals surface area contributed by atoms with E-state index in [9.17, 15) is 14.4 Å². The van der Waals surface area contributed by atoms with Gasteiger partial charge in [-0.1, -0.05) is 24.3 Å². The third kappa shape index (κ3) is 3.22. The van der Waals surface area contributed by atoms with Crippen molar-refractivity contribution in [3.8, 4) is 0 Å². The summed E-state index contributed by atoms with van der Waals surface area (Å²) in [5, 5.41) is 0. The topological polar surface area (TPSA) is 102 Å². The predicted octanol–water partition coefficient (Wildman–Crippen LogP) is 2.73. The van der Waals surface area contributed by atoms with Gasteiger partial charge >= 0.3 is 11.9 Å². The molecule has 3 aliphatic rings. The lowest BCUT2D eigenvalue weighted by Gasteiger charge is -2.48. The third-order valence-electron chi connectivity index (χ3n) is 6.91. The summed E-state index contributed by atoms with van der Waals surface area (Å²) in [6.07, 6.45) is 3.91. The Labute approximate surface area is 202 Å².